The van der Waals surface area contributed by atoms with Gasteiger partial charge in [-0.1, -0.05) is 6.08 Å². The highest BCUT2D eigenvalue weighted by Crippen LogP contribution is 1.91. The number of esters is 1. The monoisotopic (exact) mass is 127 g/mol. The van der Waals surface area contributed by atoms with Crippen LogP contribution in [0, 0.1) is 6.92 Å². The number of hydrogen-bond acceptors (Lipinski definition) is 2. The normalized spacial score (nSPS) is 11.2. The fourth-order valence-corrected chi connectivity index (χ4v) is 0.274. The van der Waals surface area contributed by atoms with Crippen molar-refractivity contribution in [3.63, 3.8) is 0 Å². The van der Waals surface area contributed by atoms with E-state index in [9.17, 15) is 4.79 Å². The van der Waals surface area contributed by atoms with Crippen molar-refractivity contribution in [3.8, 4) is 0 Å². The lowest BCUT2D eigenvalue weighted by molar-refractivity contribution is -0.139. The van der Waals surface area contributed by atoms with Crippen LogP contribution in [0.15, 0.2) is 11.6 Å². The predicted molar refractivity (Wildman–Crippen MR) is 35.7 cm³/mol. The molecule has 0 saturated heterocycles. The third-order valence-electron chi connectivity index (χ3n) is 0.852. The highest BCUT2D eigenvalue weighted by atomic mass is 16.5. The van der Waals surface area contributed by atoms with Gasteiger partial charge in [0.25, 0.3) is 0 Å². The van der Waals surface area contributed by atoms with Crippen LogP contribution < -0.4 is 0 Å². The Kier molecular flexibility index (Phi) is 3.76. The second-order valence-corrected chi connectivity index (χ2v) is 1.83. The van der Waals surface area contributed by atoms with Crippen molar-refractivity contribution < 1.29 is 9.53 Å². The van der Waals surface area contributed by atoms with E-state index in [0.717, 1.165) is 5.57 Å². The summed E-state index contributed by atoms with van der Waals surface area (Å²) in [5, 5.41) is 0. The first-order valence-corrected chi connectivity index (χ1v) is 2.75. The Balaban J connectivity index is 3.39. The van der Waals surface area contributed by atoms with E-state index in [1.165, 1.54) is 6.92 Å². The molecule has 1 radical (unpaired) electrons. The molecular weight excluding hydrogens is 116 g/mol. The van der Waals surface area contributed by atoms with Crippen LogP contribution in [0.1, 0.15) is 13.8 Å². The van der Waals surface area contributed by atoms with Gasteiger partial charge < -0.3 is 4.74 Å². The molecule has 0 fully saturated rings. The van der Waals surface area contributed by atoms with E-state index in [0.29, 0.717) is 6.61 Å². The molecule has 0 amide bonds. The summed E-state index contributed by atoms with van der Waals surface area (Å²) in [5.41, 5.74) is 0.963. The van der Waals surface area contributed by atoms with Crippen molar-refractivity contribution >= 4 is 5.97 Å². The molecule has 9 heavy (non-hydrogen) atoms. The molecule has 0 aliphatic rings. The van der Waals surface area contributed by atoms with E-state index in [4.69, 9.17) is 0 Å². The predicted octanol–water partition coefficient (Wildman–Crippen LogP) is 1.33. The van der Waals surface area contributed by atoms with Crippen LogP contribution in [-0.4, -0.2) is 12.6 Å². The number of carbonyl (C=O) groups excluding carboxylic acids is 1. The Labute approximate surface area is 55.5 Å². The summed E-state index contributed by atoms with van der Waals surface area (Å²) in [6, 6.07) is 0. The Morgan fingerprint density at radius 3 is 2.56 bits per heavy atom. The smallest absolute Gasteiger partial charge is 0.302 e. The molecule has 0 aromatic heterocycles. The average Bonchev–Trinajstić information content (AvgIpc) is 1.83. The maximum Gasteiger partial charge on any atom is 0.302 e. The summed E-state index contributed by atoms with van der Waals surface area (Å²) in [5.74, 6) is -0.254. The third-order valence-corrected chi connectivity index (χ3v) is 0.852. The minimum absolute atomic E-state index is 0.254. The molecule has 0 bridgehead atoms. The van der Waals surface area contributed by atoms with E-state index < -0.39 is 0 Å². The van der Waals surface area contributed by atoms with Crippen LogP contribution in [0.5, 0.6) is 0 Å². The zero-order valence-corrected chi connectivity index (χ0v) is 5.81. The number of hydrogen-bond donors (Lipinski definition) is 0. The highest BCUT2D eigenvalue weighted by molar-refractivity contribution is 5.66. The van der Waals surface area contributed by atoms with Gasteiger partial charge in [0.1, 0.15) is 6.61 Å². The molecule has 0 atom stereocenters. The van der Waals surface area contributed by atoms with Gasteiger partial charge in [-0.15, -0.1) is 0 Å². The molecule has 2 heteroatoms. The molecule has 0 saturated carbocycles. The van der Waals surface area contributed by atoms with Gasteiger partial charge in [0.05, 0.1) is 0 Å². The van der Waals surface area contributed by atoms with E-state index in [2.05, 4.69) is 11.7 Å². The van der Waals surface area contributed by atoms with Crippen molar-refractivity contribution in [2.45, 2.75) is 13.8 Å². The standard InChI is InChI=1S/C7H11O2/c1-4-6(2)5-9-7(3)8/h4H,1,5H2,2-3H3/b6-4+. The van der Waals surface area contributed by atoms with Crippen molar-refractivity contribution in [2.75, 3.05) is 6.61 Å². The summed E-state index contributed by atoms with van der Waals surface area (Å²) in [7, 11) is 0. The van der Waals surface area contributed by atoms with Crippen LogP contribution in [0.4, 0.5) is 0 Å². The summed E-state index contributed by atoms with van der Waals surface area (Å²) in [4.78, 5) is 10.2. The number of allylic oxidation sites excluding steroid dienone is 1. The molecule has 0 heterocycles. The molecule has 51 valence electrons. The van der Waals surface area contributed by atoms with Gasteiger partial charge >= 0.3 is 5.97 Å². The maximum atomic E-state index is 10.2. The molecular formula is C7H11O2. The minimum Gasteiger partial charge on any atom is -0.461 e. The minimum atomic E-state index is -0.254. The van der Waals surface area contributed by atoms with Crippen molar-refractivity contribution in [2.24, 2.45) is 0 Å². The molecule has 0 aromatic rings. The summed E-state index contributed by atoms with van der Waals surface area (Å²) >= 11 is 0. The summed E-state index contributed by atoms with van der Waals surface area (Å²) in [6.45, 7) is 7.11. The number of carbonyl (C=O) groups is 1. The zero-order chi connectivity index (χ0) is 7.28. The fourth-order valence-electron chi connectivity index (χ4n) is 0.274. The fraction of sp³-hybridized carbons (Fsp3) is 0.429. The van der Waals surface area contributed by atoms with Crippen molar-refractivity contribution in [3.05, 3.63) is 18.6 Å². The average molecular weight is 127 g/mol. The van der Waals surface area contributed by atoms with Gasteiger partial charge in [0, 0.05) is 6.92 Å². The van der Waals surface area contributed by atoms with Gasteiger partial charge in [-0.2, -0.15) is 0 Å². The molecule has 0 aliphatic carbocycles. The molecule has 0 aliphatic heterocycles. The number of rotatable bonds is 2. The SMILES string of the molecule is [CH2]/C=C(\C)COC(C)=O. The van der Waals surface area contributed by atoms with Crippen LogP contribution in [0.25, 0.3) is 0 Å². The zero-order valence-electron chi connectivity index (χ0n) is 5.81. The first-order chi connectivity index (χ1) is 4.16. The molecule has 0 rings (SSSR count). The lowest BCUT2D eigenvalue weighted by Gasteiger charge is -1.98. The Hall–Kier alpha value is -0.790. The second-order valence-electron chi connectivity index (χ2n) is 1.83. The Bertz CT molecular complexity index is 125. The third kappa shape index (κ3) is 5.07. The quantitative estimate of drug-likeness (QED) is 0.523. The lowest BCUT2D eigenvalue weighted by atomic mass is 10.3. The largest absolute Gasteiger partial charge is 0.461 e. The van der Waals surface area contributed by atoms with Crippen LogP contribution in [-0.2, 0) is 9.53 Å². The molecule has 0 aromatic carbocycles. The van der Waals surface area contributed by atoms with Gasteiger partial charge in [0.15, 0.2) is 0 Å². The Morgan fingerprint density at radius 2 is 2.22 bits per heavy atom. The van der Waals surface area contributed by atoms with E-state index in [1.807, 2.05) is 6.92 Å². The van der Waals surface area contributed by atoms with Crippen LogP contribution in [0.3, 0.4) is 0 Å². The molecule has 0 N–H and O–H groups in total. The van der Waals surface area contributed by atoms with Gasteiger partial charge in [-0.25, -0.2) is 0 Å². The maximum absolute atomic E-state index is 10.2. The van der Waals surface area contributed by atoms with Crippen LogP contribution >= 0.6 is 0 Å². The number of ether oxygens (including phenoxy) is 1. The van der Waals surface area contributed by atoms with Gasteiger partial charge in [-0.3, -0.25) is 4.79 Å². The van der Waals surface area contributed by atoms with E-state index in [1.54, 1.807) is 6.08 Å². The second kappa shape index (κ2) is 4.13. The lowest BCUT2D eigenvalue weighted by Crippen LogP contribution is -2.00. The first kappa shape index (κ1) is 8.21. The van der Waals surface area contributed by atoms with E-state index >= 15 is 0 Å². The Morgan fingerprint density at radius 1 is 1.67 bits per heavy atom. The topological polar surface area (TPSA) is 26.3 Å². The van der Waals surface area contributed by atoms with Crippen molar-refractivity contribution in [1.82, 2.24) is 0 Å². The summed E-state index contributed by atoms with van der Waals surface area (Å²) < 4.78 is 4.65. The van der Waals surface area contributed by atoms with Crippen molar-refractivity contribution in [1.29, 1.82) is 0 Å². The summed E-state index contributed by atoms with van der Waals surface area (Å²) in [6.07, 6.45) is 1.67. The van der Waals surface area contributed by atoms with E-state index in [-0.39, 0.29) is 5.97 Å². The molecule has 2 nitrogen and oxygen atoms in total. The highest BCUT2D eigenvalue weighted by Gasteiger charge is 1.90. The first-order valence-electron chi connectivity index (χ1n) is 2.75. The van der Waals surface area contributed by atoms with Gasteiger partial charge in [-0.05, 0) is 19.4 Å². The van der Waals surface area contributed by atoms with Gasteiger partial charge in [0.2, 0.25) is 0 Å². The molecule has 0 spiro atoms. The van der Waals surface area contributed by atoms with Crippen LogP contribution in [0.2, 0.25) is 0 Å². The molecule has 0 unspecified atom stereocenters.